The lowest BCUT2D eigenvalue weighted by molar-refractivity contribution is -0.887. The fraction of sp³-hybridized carbons (Fsp3) is 0.711. The summed E-state index contributed by atoms with van der Waals surface area (Å²) in [6, 6.07) is -0.624. The number of esters is 2. The van der Waals surface area contributed by atoms with Crippen LogP contribution in [-0.4, -0.2) is 80.6 Å². The Kier molecular flexibility index (Phi) is 34.0. The summed E-state index contributed by atoms with van der Waals surface area (Å²) in [6.45, 7) is 4.52. The first-order valence-corrected chi connectivity index (χ1v) is 20.8. The number of carboxylic acid groups (broad SMARTS) is 1. The van der Waals surface area contributed by atoms with Gasteiger partial charge in [0.05, 0.1) is 34.4 Å². The molecule has 0 rings (SSSR count). The number of allylic oxidation sites excluding steroid dienone is 10. The van der Waals surface area contributed by atoms with E-state index in [-0.39, 0.29) is 42.7 Å². The van der Waals surface area contributed by atoms with E-state index >= 15 is 0 Å². The summed E-state index contributed by atoms with van der Waals surface area (Å²) >= 11 is 0. The predicted molar refractivity (Wildman–Crippen MR) is 220 cm³/mol. The van der Waals surface area contributed by atoms with Crippen molar-refractivity contribution in [1.29, 1.82) is 0 Å². The molecule has 8 nitrogen and oxygen atoms in total. The Morgan fingerprint density at radius 2 is 1.06 bits per heavy atom. The Labute approximate surface area is 324 Å². The standard InChI is InChI=1S/C45H77NO7/c1-6-8-10-12-14-16-18-20-21-22-23-24-26-27-29-31-33-35-43(47)52-40-41(39-51-38-37-42(45(49)50)46(3,4)5)53-44(48)36-34-32-30-28-25-19-17-15-13-11-9-7-2/h9,11,14-17,20-21,25,28,41-42H,6-8,10,12-13,18-19,22-24,26-27,29-40H2,1-5H3/p+1/b11-9+,16-14+,17-15+,21-20+,28-25+. The van der Waals surface area contributed by atoms with E-state index in [9.17, 15) is 19.5 Å². The van der Waals surface area contributed by atoms with E-state index in [0.29, 0.717) is 19.3 Å². The van der Waals surface area contributed by atoms with Crippen molar-refractivity contribution in [3.8, 4) is 0 Å². The average molecular weight is 745 g/mol. The molecule has 0 aromatic heterocycles. The first-order valence-electron chi connectivity index (χ1n) is 20.8. The number of likely N-dealkylation sites (N-methyl/N-ethyl adjacent to an activating group) is 1. The zero-order chi connectivity index (χ0) is 39.3. The van der Waals surface area contributed by atoms with Crippen LogP contribution >= 0.6 is 0 Å². The van der Waals surface area contributed by atoms with E-state index in [1.165, 1.54) is 51.4 Å². The van der Waals surface area contributed by atoms with Crippen LogP contribution in [0.1, 0.15) is 155 Å². The maximum Gasteiger partial charge on any atom is 0.362 e. The quantitative estimate of drug-likeness (QED) is 0.0295. The molecule has 0 radical (unpaired) electrons. The predicted octanol–water partition coefficient (Wildman–Crippen LogP) is 11.0. The molecule has 0 saturated heterocycles. The molecule has 2 unspecified atom stereocenters. The number of carboxylic acids is 1. The molecule has 8 heteroatoms. The van der Waals surface area contributed by atoms with Crippen LogP contribution in [0.2, 0.25) is 0 Å². The minimum atomic E-state index is -0.885. The van der Waals surface area contributed by atoms with Crippen LogP contribution in [0, 0.1) is 0 Å². The Balaban J connectivity index is 4.42. The molecule has 2 atom stereocenters. The number of rotatable bonds is 36. The highest BCUT2D eigenvalue weighted by Crippen LogP contribution is 2.13. The molecule has 1 N–H and O–H groups in total. The summed E-state index contributed by atoms with van der Waals surface area (Å²) in [4.78, 5) is 36.9. The molecular formula is C45H78NO7+. The van der Waals surface area contributed by atoms with Crippen molar-refractivity contribution in [2.75, 3.05) is 41.0 Å². The number of hydrogen-bond acceptors (Lipinski definition) is 6. The Morgan fingerprint density at radius 1 is 0.585 bits per heavy atom. The van der Waals surface area contributed by atoms with Gasteiger partial charge in [-0.15, -0.1) is 0 Å². The van der Waals surface area contributed by atoms with Crippen molar-refractivity contribution in [3.05, 3.63) is 60.8 Å². The number of nitrogens with zero attached hydrogens (tertiary/aromatic N) is 1. The Morgan fingerprint density at radius 3 is 1.60 bits per heavy atom. The van der Waals surface area contributed by atoms with E-state index < -0.39 is 18.1 Å². The first kappa shape index (κ1) is 50.0. The van der Waals surface area contributed by atoms with Crippen molar-refractivity contribution in [3.63, 3.8) is 0 Å². The molecule has 304 valence electrons. The number of hydrogen-bond donors (Lipinski definition) is 1. The van der Waals surface area contributed by atoms with Gasteiger partial charge in [0.2, 0.25) is 0 Å². The van der Waals surface area contributed by atoms with Gasteiger partial charge < -0.3 is 23.8 Å². The van der Waals surface area contributed by atoms with Gasteiger partial charge in [-0.25, -0.2) is 4.79 Å². The summed E-state index contributed by atoms with van der Waals surface area (Å²) < 4.78 is 17.2. The topological polar surface area (TPSA) is 99.1 Å². The third kappa shape index (κ3) is 34.5. The SMILES string of the molecule is CC/C=C/C/C=C/C/C=C/CCCCC(=O)OC(COCCC(C(=O)O)[N+](C)(C)C)COC(=O)CCCCCCCCC/C=C/C/C=C/CCCCC. The summed E-state index contributed by atoms with van der Waals surface area (Å²) in [5.41, 5.74) is 0. The number of aliphatic carboxylic acids is 1. The highest BCUT2D eigenvalue weighted by Gasteiger charge is 2.31. The number of carbonyl (C=O) groups excluding carboxylic acids is 2. The molecule has 0 aliphatic carbocycles. The second-order valence-corrected chi connectivity index (χ2v) is 14.9. The normalized spacial score (nSPS) is 13.6. The molecule has 0 amide bonds. The van der Waals surface area contributed by atoms with Crippen molar-refractivity contribution < 1.29 is 38.2 Å². The van der Waals surface area contributed by atoms with Crippen molar-refractivity contribution in [2.45, 2.75) is 167 Å². The smallest absolute Gasteiger partial charge is 0.362 e. The largest absolute Gasteiger partial charge is 0.477 e. The molecule has 0 saturated carbocycles. The van der Waals surface area contributed by atoms with Gasteiger partial charge in [-0.1, -0.05) is 120 Å². The maximum absolute atomic E-state index is 12.7. The molecule has 0 aromatic rings. The van der Waals surface area contributed by atoms with Crippen LogP contribution in [0.3, 0.4) is 0 Å². The van der Waals surface area contributed by atoms with Gasteiger partial charge >= 0.3 is 17.9 Å². The lowest BCUT2D eigenvalue weighted by Gasteiger charge is -2.31. The molecule has 0 aliphatic heterocycles. The zero-order valence-corrected chi connectivity index (χ0v) is 34.4. The number of unbranched alkanes of at least 4 members (excludes halogenated alkanes) is 12. The van der Waals surface area contributed by atoms with Crippen LogP contribution in [0.5, 0.6) is 0 Å². The van der Waals surface area contributed by atoms with Crippen molar-refractivity contribution >= 4 is 17.9 Å². The highest BCUT2D eigenvalue weighted by atomic mass is 16.6. The van der Waals surface area contributed by atoms with Gasteiger partial charge in [-0.2, -0.15) is 0 Å². The van der Waals surface area contributed by atoms with E-state index in [0.717, 1.165) is 64.2 Å². The molecule has 0 bridgehead atoms. The van der Waals surface area contributed by atoms with Crippen LogP contribution in [-0.2, 0) is 28.6 Å². The lowest BCUT2D eigenvalue weighted by Crippen LogP contribution is -2.50. The Bertz CT molecular complexity index is 1050. The maximum atomic E-state index is 12.7. The summed E-state index contributed by atoms with van der Waals surface area (Å²) in [5, 5.41) is 9.60. The second-order valence-electron chi connectivity index (χ2n) is 14.9. The summed E-state index contributed by atoms with van der Waals surface area (Å²) in [5.74, 6) is -1.54. The van der Waals surface area contributed by atoms with E-state index in [4.69, 9.17) is 14.2 Å². The molecule has 0 fully saturated rings. The third-order valence-electron chi connectivity index (χ3n) is 8.90. The molecule has 0 aliphatic rings. The molecule has 0 heterocycles. The minimum Gasteiger partial charge on any atom is -0.477 e. The molecule has 0 aromatic carbocycles. The fourth-order valence-electron chi connectivity index (χ4n) is 5.66. The molecule has 0 spiro atoms. The van der Waals surface area contributed by atoms with Gasteiger partial charge in [0.25, 0.3) is 0 Å². The summed E-state index contributed by atoms with van der Waals surface area (Å²) in [6.07, 6.45) is 42.7. The van der Waals surface area contributed by atoms with Gasteiger partial charge in [0.15, 0.2) is 12.1 Å². The van der Waals surface area contributed by atoms with Crippen LogP contribution in [0.25, 0.3) is 0 Å². The van der Waals surface area contributed by atoms with Crippen LogP contribution in [0.15, 0.2) is 60.8 Å². The van der Waals surface area contributed by atoms with Crippen LogP contribution < -0.4 is 0 Å². The first-order chi connectivity index (χ1) is 25.6. The minimum absolute atomic E-state index is 0.0406. The average Bonchev–Trinajstić information content (AvgIpc) is 3.11. The van der Waals surface area contributed by atoms with Gasteiger partial charge in [0.1, 0.15) is 6.61 Å². The lowest BCUT2D eigenvalue weighted by atomic mass is 10.1. The number of ether oxygens (including phenoxy) is 3. The van der Waals surface area contributed by atoms with E-state index in [1.54, 1.807) is 0 Å². The van der Waals surface area contributed by atoms with E-state index in [1.807, 2.05) is 21.1 Å². The zero-order valence-electron chi connectivity index (χ0n) is 34.4. The highest BCUT2D eigenvalue weighted by molar-refractivity contribution is 5.72. The van der Waals surface area contributed by atoms with Gasteiger partial charge in [-0.05, 0) is 77.0 Å². The van der Waals surface area contributed by atoms with Gasteiger partial charge in [0, 0.05) is 19.3 Å². The van der Waals surface area contributed by atoms with E-state index in [2.05, 4.69) is 74.6 Å². The molecule has 53 heavy (non-hydrogen) atoms. The molecular weight excluding hydrogens is 666 g/mol. The van der Waals surface area contributed by atoms with Crippen molar-refractivity contribution in [2.24, 2.45) is 0 Å². The van der Waals surface area contributed by atoms with Crippen molar-refractivity contribution in [1.82, 2.24) is 0 Å². The van der Waals surface area contributed by atoms with Gasteiger partial charge in [-0.3, -0.25) is 9.59 Å². The fourth-order valence-corrected chi connectivity index (χ4v) is 5.66. The second kappa shape index (κ2) is 36.0. The monoisotopic (exact) mass is 745 g/mol. The number of quaternary nitrogens is 1. The Hall–Kier alpha value is -2.97. The summed E-state index contributed by atoms with van der Waals surface area (Å²) in [7, 11) is 5.50. The van der Waals surface area contributed by atoms with Crippen LogP contribution in [0.4, 0.5) is 0 Å². The third-order valence-corrected chi connectivity index (χ3v) is 8.90. The number of carbonyl (C=O) groups is 3.